The molecule has 0 saturated heterocycles. The lowest BCUT2D eigenvalue weighted by Gasteiger charge is -2.08. The first-order valence-corrected chi connectivity index (χ1v) is 8.24. The first-order chi connectivity index (χ1) is 11.9. The molecule has 0 fully saturated rings. The lowest BCUT2D eigenvalue weighted by Crippen LogP contribution is -2.14. The van der Waals surface area contributed by atoms with Crippen LogP contribution in [0, 0.1) is 18.6 Å². The molecular weight excluding hydrogens is 334 g/mol. The van der Waals surface area contributed by atoms with E-state index < -0.39 is 0 Å². The highest BCUT2D eigenvalue weighted by Gasteiger charge is 2.13. The van der Waals surface area contributed by atoms with E-state index in [-0.39, 0.29) is 18.3 Å². The molecule has 0 bridgehead atoms. The quantitative estimate of drug-likeness (QED) is 0.543. The monoisotopic (exact) mass is 353 g/mol. The Kier molecular flexibility index (Phi) is 4.67. The summed E-state index contributed by atoms with van der Waals surface area (Å²) in [4.78, 5) is 12.4. The van der Waals surface area contributed by atoms with Crippen LogP contribution in [0.3, 0.4) is 0 Å². The molecule has 0 aliphatic carbocycles. The van der Waals surface area contributed by atoms with Gasteiger partial charge in [-0.25, -0.2) is 4.68 Å². The SMILES string of the molecule is Cc1ccc(C(=O)Cn2nc(N)n(Nc3cccc(C)c3)c2=S)cc1. The Morgan fingerprint density at radius 2 is 1.88 bits per heavy atom. The van der Waals surface area contributed by atoms with Crippen LogP contribution in [0.4, 0.5) is 11.6 Å². The van der Waals surface area contributed by atoms with Gasteiger partial charge in [-0.1, -0.05) is 42.0 Å². The molecule has 0 aliphatic rings. The van der Waals surface area contributed by atoms with Crippen LogP contribution in [0.25, 0.3) is 0 Å². The maximum Gasteiger partial charge on any atom is 0.240 e. The highest BCUT2D eigenvalue weighted by atomic mass is 32.1. The van der Waals surface area contributed by atoms with Gasteiger partial charge in [0.1, 0.15) is 6.54 Å². The van der Waals surface area contributed by atoms with E-state index in [1.807, 2.05) is 50.2 Å². The summed E-state index contributed by atoms with van der Waals surface area (Å²) in [6, 6.07) is 15.2. The molecule has 7 heteroatoms. The molecule has 25 heavy (non-hydrogen) atoms. The molecule has 1 heterocycles. The van der Waals surface area contributed by atoms with E-state index in [1.54, 1.807) is 12.1 Å². The largest absolute Gasteiger partial charge is 0.366 e. The second-order valence-electron chi connectivity index (χ2n) is 5.90. The number of carbonyl (C=O) groups is 1. The van der Waals surface area contributed by atoms with Crippen LogP contribution in [-0.4, -0.2) is 20.2 Å². The van der Waals surface area contributed by atoms with Gasteiger partial charge >= 0.3 is 0 Å². The molecule has 3 rings (SSSR count). The molecule has 0 spiro atoms. The summed E-state index contributed by atoms with van der Waals surface area (Å²) in [5.74, 6) is 0.125. The maximum absolute atomic E-state index is 12.4. The van der Waals surface area contributed by atoms with E-state index in [1.165, 1.54) is 9.36 Å². The van der Waals surface area contributed by atoms with Crippen LogP contribution >= 0.6 is 12.2 Å². The number of anilines is 2. The summed E-state index contributed by atoms with van der Waals surface area (Å²) in [6.07, 6.45) is 0. The van der Waals surface area contributed by atoms with Gasteiger partial charge in [0.05, 0.1) is 5.69 Å². The van der Waals surface area contributed by atoms with E-state index in [0.29, 0.717) is 10.3 Å². The number of nitrogen functional groups attached to an aromatic ring is 1. The first-order valence-electron chi connectivity index (χ1n) is 7.83. The summed E-state index contributed by atoms with van der Waals surface area (Å²) in [7, 11) is 0. The average Bonchev–Trinajstić information content (AvgIpc) is 2.83. The number of hydrogen-bond donors (Lipinski definition) is 2. The van der Waals surface area contributed by atoms with Gasteiger partial charge in [-0.3, -0.25) is 10.2 Å². The maximum atomic E-state index is 12.4. The number of hydrogen-bond acceptors (Lipinski definition) is 5. The van der Waals surface area contributed by atoms with Crippen molar-refractivity contribution >= 4 is 29.6 Å². The van der Waals surface area contributed by atoms with E-state index >= 15 is 0 Å². The molecule has 0 amide bonds. The van der Waals surface area contributed by atoms with Gasteiger partial charge in [-0.15, -0.1) is 5.10 Å². The number of rotatable bonds is 5. The first kappa shape index (κ1) is 16.9. The van der Waals surface area contributed by atoms with Crippen molar-refractivity contribution in [3.8, 4) is 0 Å². The van der Waals surface area contributed by atoms with Crippen molar-refractivity contribution in [1.29, 1.82) is 0 Å². The zero-order valence-corrected chi connectivity index (χ0v) is 14.9. The number of ketones is 1. The molecule has 6 nitrogen and oxygen atoms in total. The number of aromatic nitrogens is 3. The number of benzene rings is 2. The molecule has 2 aromatic carbocycles. The minimum atomic E-state index is -0.0729. The third-order valence-corrected chi connectivity index (χ3v) is 4.18. The van der Waals surface area contributed by atoms with Crippen molar-refractivity contribution in [3.05, 3.63) is 70.0 Å². The Morgan fingerprint density at radius 3 is 2.56 bits per heavy atom. The van der Waals surface area contributed by atoms with Crippen LogP contribution in [0.2, 0.25) is 0 Å². The fourth-order valence-electron chi connectivity index (χ4n) is 2.44. The third kappa shape index (κ3) is 3.77. The standard InChI is InChI=1S/C18H19N5OS/c1-12-6-8-14(9-7-12)16(24)11-22-18(25)23(17(19)21-22)20-15-5-3-4-13(2)10-15/h3-10,20H,11H2,1-2H3,(H2,19,21). The number of Topliss-reactive ketones (excluding diaryl/α,β-unsaturated/α-hetero) is 1. The van der Waals surface area contributed by atoms with Crippen LogP contribution < -0.4 is 11.2 Å². The van der Waals surface area contributed by atoms with Gasteiger partial charge in [0.15, 0.2) is 5.78 Å². The Hall–Kier alpha value is -2.93. The third-order valence-electron chi connectivity index (χ3n) is 3.79. The van der Waals surface area contributed by atoms with Crippen molar-refractivity contribution in [2.75, 3.05) is 11.2 Å². The van der Waals surface area contributed by atoms with Crippen molar-refractivity contribution in [3.63, 3.8) is 0 Å². The molecule has 0 radical (unpaired) electrons. The van der Waals surface area contributed by atoms with Crippen molar-refractivity contribution in [1.82, 2.24) is 14.5 Å². The smallest absolute Gasteiger partial charge is 0.240 e. The van der Waals surface area contributed by atoms with Gasteiger partial charge in [0.2, 0.25) is 10.7 Å². The zero-order chi connectivity index (χ0) is 18.0. The minimum Gasteiger partial charge on any atom is -0.366 e. The Morgan fingerprint density at radius 1 is 1.16 bits per heavy atom. The fraction of sp³-hybridized carbons (Fsp3) is 0.167. The molecule has 1 aromatic heterocycles. The lowest BCUT2D eigenvalue weighted by atomic mass is 10.1. The summed E-state index contributed by atoms with van der Waals surface area (Å²) < 4.78 is 3.25. The average molecular weight is 353 g/mol. The van der Waals surface area contributed by atoms with Crippen molar-refractivity contribution < 1.29 is 4.79 Å². The zero-order valence-electron chi connectivity index (χ0n) is 14.1. The Balaban J connectivity index is 1.83. The fourth-order valence-corrected chi connectivity index (χ4v) is 2.69. The molecule has 0 atom stereocenters. The summed E-state index contributed by atoms with van der Waals surface area (Å²) >= 11 is 5.40. The van der Waals surface area contributed by atoms with Crippen LogP contribution in [-0.2, 0) is 6.54 Å². The van der Waals surface area contributed by atoms with Gasteiger partial charge in [0, 0.05) is 5.56 Å². The lowest BCUT2D eigenvalue weighted by molar-refractivity contribution is 0.0967. The highest BCUT2D eigenvalue weighted by molar-refractivity contribution is 7.71. The van der Waals surface area contributed by atoms with E-state index in [0.717, 1.165) is 16.8 Å². The number of nitrogens with zero attached hydrogens (tertiary/aromatic N) is 3. The molecule has 128 valence electrons. The Bertz CT molecular complexity index is 972. The predicted molar refractivity (Wildman–Crippen MR) is 101 cm³/mol. The van der Waals surface area contributed by atoms with Crippen molar-refractivity contribution in [2.45, 2.75) is 20.4 Å². The Labute approximate surface area is 150 Å². The number of nitrogens with two attached hydrogens (primary N) is 1. The summed E-state index contributed by atoms with van der Waals surface area (Å²) in [6.45, 7) is 4.01. The second kappa shape index (κ2) is 6.90. The van der Waals surface area contributed by atoms with Crippen LogP contribution in [0.15, 0.2) is 48.5 Å². The molecule has 0 saturated carbocycles. The molecule has 3 aromatic rings. The van der Waals surface area contributed by atoms with Crippen molar-refractivity contribution in [2.24, 2.45) is 0 Å². The molecule has 0 aliphatic heterocycles. The van der Waals surface area contributed by atoms with Gasteiger partial charge in [-0.2, -0.15) is 4.68 Å². The minimum absolute atomic E-state index is 0.0363. The second-order valence-corrected chi connectivity index (χ2v) is 6.27. The van der Waals surface area contributed by atoms with E-state index in [4.69, 9.17) is 18.0 Å². The van der Waals surface area contributed by atoms with Crippen LogP contribution in [0.5, 0.6) is 0 Å². The molecule has 0 unspecified atom stereocenters. The van der Waals surface area contributed by atoms with Gasteiger partial charge in [0.25, 0.3) is 0 Å². The molecule has 3 N–H and O–H groups in total. The number of aryl methyl sites for hydroxylation is 2. The van der Waals surface area contributed by atoms with Crippen LogP contribution in [0.1, 0.15) is 21.5 Å². The summed E-state index contributed by atoms with van der Waals surface area (Å²) in [5, 5.41) is 4.18. The summed E-state index contributed by atoms with van der Waals surface area (Å²) in [5.41, 5.74) is 12.7. The number of carbonyl (C=O) groups excluding carboxylic acids is 1. The van der Waals surface area contributed by atoms with Gasteiger partial charge < -0.3 is 5.73 Å². The van der Waals surface area contributed by atoms with E-state index in [9.17, 15) is 4.79 Å². The topological polar surface area (TPSA) is 77.9 Å². The normalized spacial score (nSPS) is 10.6. The predicted octanol–water partition coefficient (Wildman–Crippen LogP) is 3.37. The number of nitrogens with one attached hydrogen (secondary N) is 1. The molecular formula is C18H19N5OS. The highest BCUT2D eigenvalue weighted by Crippen LogP contribution is 2.13. The van der Waals surface area contributed by atoms with Gasteiger partial charge in [-0.05, 0) is 43.8 Å². The van der Waals surface area contributed by atoms with E-state index in [2.05, 4.69) is 10.5 Å².